The Morgan fingerprint density at radius 1 is 1.09 bits per heavy atom. The molecule has 0 atom stereocenters. The topological polar surface area (TPSA) is 67.3 Å². The Balaban J connectivity index is 1.49. The van der Waals surface area contributed by atoms with E-state index in [0.717, 1.165) is 27.4 Å². The lowest BCUT2D eigenvalue weighted by Gasteiger charge is -2.40. The van der Waals surface area contributed by atoms with E-state index < -0.39 is 26.3 Å². The van der Waals surface area contributed by atoms with Crippen molar-refractivity contribution in [2.24, 2.45) is 5.92 Å². The van der Waals surface area contributed by atoms with Crippen LogP contribution in [0.5, 0.6) is 0 Å². The number of carbonyl (C=O) groups is 1. The second kappa shape index (κ2) is 8.64. The SMILES string of the molecule is Cc1nc2cc(C(=O)N3CCC(C(C)(C)S(=O)(=O)c4cccc(C(F)(F)F)c4)CC3)ccc2s1. The van der Waals surface area contributed by atoms with Gasteiger partial charge in [-0.25, -0.2) is 13.4 Å². The van der Waals surface area contributed by atoms with Crippen LogP contribution in [0.25, 0.3) is 10.2 Å². The van der Waals surface area contributed by atoms with E-state index in [2.05, 4.69) is 4.98 Å². The zero-order chi connectivity index (χ0) is 24.9. The van der Waals surface area contributed by atoms with Crippen LogP contribution in [0.4, 0.5) is 13.2 Å². The van der Waals surface area contributed by atoms with Gasteiger partial charge in [0.05, 0.1) is 30.4 Å². The first-order chi connectivity index (χ1) is 15.8. The highest BCUT2D eigenvalue weighted by Gasteiger charge is 2.45. The van der Waals surface area contributed by atoms with Gasteiger partial charge in [-0.3, -0.25) is 4.79 Å². The third kappa shape index (κ3) is 4.45. The predicted octanol–water partition coefficient (Wildman–Crippen LogP) is 5.73. The molecular weight excluding hydrogens is 485 g/mol. The number of alkyl halides is 3. The monoisotopic (exact) mass is 510 g/mol. The Labute approximate surface area is 200 Å². The van der Waals surface area contributed by atoms with Gasteiger partial charge in [-0.1, -0.05) is 6.07 Å². The fourth-order valence-corrected chi connectivity index (χ4v) is 7.13. The zero-order valence-electron chi connectivity index (χ0n) is 19.0. The second-order valence-electron chi connectivity index (χ2n) is 9.11. The second-order valence-corrected chi connectivity index (χ2v) is 12.9. The molecule has 2 heterocycles. The summed E-state index contributed by atoms with van der Waals surface area (Å²) in [5, 5.41) is 0.921. The van der Waals surface area contributed by atoms with E-state index in [1.165, 1.54) is 6.07 Å². The lowest BCUT2D eigenvalue weighted by atomic mass is 9.85. The van der Waals surface area contributed by atoms with Crippen molar-refractivity contribution < 1.29 is 26.4 Å². The van der Waals surface area contributed by atoms with Gasteiger partial charge >= 0.3 is 6.18 Å². The van der Waals surface area contributed by atoms with Gasteiger partial charge in [0.25, 0.3) is 5.91 Å². The van der Waals surface area contributed by atoms with E-state index in [4.69, 9.17) is 0 Å². The van der Waals surface area contributed by atoms with Crippen molar-refractivity contribution in [1.29, 1.82) is 0 Å². The van der Waals surface area contributed by atoms with Crippen LogP contribution in [0.2, 0.25) is 0 Å². The molecule has 0 spiro atoms. The van der Waals surface area contributed by atoms with Gasteiger partial charge < -0.3 is 4.90 Å². The number of aromatic nitrogens is 1. The van der Waals surface area contributed by atoms with Gasteiger partial charge in [-0.2, -0.15) is 13.2 Å². The molecule has 1 aliphatic heterocycles. The van der Waals surface area contributed by atoms with Crippen molar-refractivity contribution >= 4 is 37.3 Å². The Kier molecular flexibility index (Phi) is 6.27. The summed E-state index contributed by atoms with van der Waals surface area (Å²) in [6.45, 7) is 5.77. The average Bonchev–Trinajstić information content (AvgIpc) is 3.17. The predicted molar refractivity (Wildman–Crippen MR) is 126 cm³/mol. The molecule has 0 radical (unpaired) electrons. The number of piperidine rings is 1. The zero-order valence-corrected chi connectivity index (χ0v) is 20.6. The summed E-state index contributed by atoms with van der Waals surface area (Å²) in [5.41, 5.74) is 0.320. The number of carbonyl (C=O) groups excluding carboxylic acids is 1. The van der Waals surface area contributed by atoms with E-state index in [9.17, 15) is 26.4 Å². The summed E-state index contributed by atoms with van der Waals surface area (Å²) in [7, 11) is -4.04. The normalized spacial score (nSPS) is 16.2. The molecule has 3 aromatic rings. The van der Waals surface area contributed by atoms with Crippen molar-refractivity contribution in [2.45, 2.75) is 49.4 Å². The molecule has 0 bridgehead atoms. The highest BCUT2D eigenvalue weighted by atomic mass is 32.2. The molecule has 34 heavy (non-hydrogen) atoms. The van der Waals surface area contributed by atoms with Gasteiger partial charge in [0.15, 0.2) is 9.84 Å². The number of fused-ring (bicyclic) bond motifs is 1. The summed E-state index contributed by atoms with van der Waals surface area (Å²) in [5.74, 6) is -0.440. The lowest BCUT2D eigenvalue weighted by molar-refractivity contribution is -0.137. The third-order valence-electron chi connectivity index (χ3n) is 6.67. The quantitative estimate of drug-likeness (QED) is 0.450. The third-order valence-corrected chi connectivity index (χ3v) is 10.2. The highest BCUT2D eigenvalue weighted by Crippen LogP contribution is 2.39. The van der Waals surface area contributed by atoms with Gasteiger partial charge in [-0.05, 0) is 75.9 Å². The van der Waals surface area contributed by atoms with E-state index in [-0.39, 0.29) is 16.7 Å². The number of amides is 1. The standard InChI is InChI=1S/C24H25F3N2O3S2/c1-15-28-20-13-16(7-8-21(20)33-15)22(30)29-11-9-17(10-12-29)23(2,3)34(31,32)19-6-4-5-18(14-19)24(25,26)27/h4-8,13-14,17H,9-12H2,1-3H3. The number of aryl methyl sites for hydroxylation is 1. The summed E-state index contributed by atoms with van der Waals surface area (Å²) in [4.78, 5) is 18.8. The van der Waals surface area contributed by atoms with Crippen LogP contribution in [-0.4, -0.2) is 42.0 Å². The van der Waals surface area contributed by atoms with Crippen LogP contribution in [0.3, 0.4) is 0 Å². The van der Waals surface area contributed by atoms with Crippen molar-refractivity contribution in [3.8, 4) is 0 Å². The highest BCUT2D eigenvalue weighted by molar-refractivity contribution is 7.92. The van der Waals surface area contributed by atoms with Gasteiger partial charge in [-0.15, -0.1) is 11.3 Å². The lowest BCUT2D eigenvalue weighted by Crippen LogP contribution is -2.47. The molecule has 1 aliphatic rings. The minimum atomic E-state index is -4.62. The number of rotatable bonds is 4. The first-order valence-corrected chi connectivity index (χ1v) is 13.2. The van der Waals surface area contributed by atoms with E-state index in [0.29, 0.717) is 37.6 Å². The molecule has 1 fully saturated rings. The molecular formula is C24H25F3N2O3S2. The minimum Gasteiger partial charge on any atom is -0.339 e. The van der Waals surface area contributed by atoms with Crippen molar-refractivity contribution in [1.82, 2.24) is 9.88 Å². The van der Waals surface area contributed by atoms with Crippen molar-refractivity contribution in [3.63, 3.8) is 0 Å². The fourth-order valence-electron chi connectivity index (χ4n) is 4.50. The average molecular weight is 511 g/mol. The van der Waals surface area contributed by atoms with E-state index in [1.807, 2.05) is 13.0 Å². The van der Waals surface area contributed by atoms with Crippen LogP contribution in [-0.2, 0) is 16.0 Å². The Bertz CT molecular complexity index is 1340. The number of sulfone groups is 1. The summed E-state index contributed by atoms with van der Waals surface area (Å²) in [6, 6.07) is 9.32. The van der Waals surface area contributed by atoms with Crippen LogP contribution in [0.15, 0.2) is 47.4 Å². The molecule has 182 valence electrons. The Morgan fingerprint density at radius 2 is 1.76 bits per heavy atom. The number of thiazole rings is 1. The minimum absolute atomic E-state index is 0.135. The van der Waals surface area contributed by atoms with Crippen LogP contribution >= 0.6 is 11.3 Å². The maximum absolute atomic E-state index is 13.3. The maximum atomic E-state index is 13.3. The van der Waals surface area contributed by atoms with E-state index >= 15 is 0 Å². The van der Waals surface area contributed by atoms with Crippen molar-refractivity contribution in [2.75, 3.05) is 13.1 Å². The molecule has 1 saturated heterocycles. The molecule has 4 rings (SSSR count). The van der Waals surface area contributed by atoms with Crippen molar-refractivity contribution in [3.05, 3.63) is 58.6 Å². The smallest absolute Gasteiger partial charge is 0.339 e. The molecule has 0 saturated carbocycles. The number of benzene rings is 2. The number of hydrogen-bond donors (Lipinski definition) is 0. The number of hydrogen-bond acceptors (Lipinski definition) is 5. The Morgan fingerprint density at radius 3 is 2.41 bits per heavy atom. The largest absolute Gasteiger partial charge is 0.416 e. The first-order valence-electron chi connectivity index (χ1n) is 10.9. The Hall–Kier alpha value is -2.46. The number of likely N-dealkylation sites (tertiary alicyclic amines) is 1. The summed E-state index contributed by atoms with van der Waals surface area (Å²) >= 11 is 1.56. The first kappa shape index (κ1) is 24.7. The van der Waals surface area contributed by atoms with Gasteiger partial charge in [0.1, 0.15) is 0 Å². The van der Waals surface area contributed by atoms with E-state index in [1.54, 1.807) is 42.2 Å². The number of halogens is 3. The van der Waals surface area contributed by atoms with Crippen LogP contribution in [0.1, 0.15) is 47.6 Å². The molecule has 2 aromatic carbocycles. The maximum Gasteiger partial charge on any atom is 0.416 e. The molecule has 0 N–H and O–H groups in total. The molecule has 1 amide bonds. The van der Waals surface area contributed by atoms with Crippen LogP contribution < -0.4 is 0 Å². The molecule has 0 unspecified atom stereocenters. The van der Waals surface area contributed by atoms with Gasteiger partial charge in [0, 0.05) is 18.7 Å². The molecule has 5 nitrogen and oxygen atoms in total. The molecule has 0 aliphatic carbocycles. The molecule has 10 heteroatoms. The van der Waals surface area contributed by atoms with Gasteiger partial charge in [0.2, 0.25) is 0 Å². The number of nitrogens with zero attached hydrogens (tertiary/aromatic N) is 2. The molecule has 1 aromatic heterocycles. The summed E-state index contributed by atoms with van der Waals surface area (Å²) in [6.07, 6.45) is -3.74. The fraction of sp³-hybridized carbons (Fsp3) is 0.417. The summed E-state index contributed by atoms with van der Waals surface area (Å²) < 4.78 is 65.8. The van der Waals surface area contributed by atoms with Crippen LogP contribution in [0, 0.1) is 12.8 Å².